The van der Waals surface area contributed by atoms with E-state index in [1.165, 1.54) is 161 Å². The Balaban J connectivity index is 4.05. The van der Waals surface area contributed by atoms with Crippen molar-refractivity contribution in [2.75, 3.05) is 54.1 Å². The Kier molecular flexibility index (Phi) is 43.8. The van der Waals surface area contributed by atoms with E-state index in [1.54, 1.807) is 0 Å². The third-order valence-electron chi connectivity index (χ3n) is 11.3. The van der Waals surface area contributed by atoms with Crippen LogP contribution < -0.4 is 4.89 Å². The molecule has 0 spiro atoms. The Morgan fingerprint density at radius 2 is 0.933 bits per heavy atom. The third kappa shape index (κ3) is 48.0. The molecule has 0 aliphatic heterocycles. The highest BCUT2D eigenvalue weighted by atomic mass is 31.2. The number of quaternary nitrogens is 1. The molecule has 0 heterocycles. The lowest BCUT2D eigenvalue weighted by molar-refractivity contribution is -0.870. The molecule has 0 amide bonds. The van der Waals surface area contributed by atoms with Crippen LogP contribution in [0.15, 0.2) is 24.3 Å². The van der Waals surface area contributed by atoms with Crippen molar-refractivity contribution in [3.8, 4) is 0 Å². The Morgan fingerprint density at radius 3 is 1.40 bits per heavy atom. The SMILES string of the molecule is CCCC/C=C\C/C=C\CCCCCCCC(=O)OC(COCCCCCCCCCCCCCCCCCCCCCCCCCC)COP(=O)([O-])OCC[N+](C)(C)C. The minimum absolute atomic E-state index is 0.0253. The molecule has 0 fully saturated rings. The second-order valence-corrected chi connectivity index (χ2v) is 19.9. The van der Waals surface area contributed by atoms with Crippen molar-refractivity contribution < 1.29 is 37.3 Å². The van der Waals surface area contributed by atoms with Gasteiger partial charge in [0.05, 0.1) is 34.4 Å². The van der Waals surface area contributed by atoms with Gasteiger partial charge in [-0.1, -0.05) is 218 Å². The van der Waals surface area contributed by atoms with Crippen LogP contribution in [0.1, 0.15) is 239 Å². The van der Waals surface area contributed by atoms with Crippen molar-refractivity contribution in [2.45, 2.75) is 245 Å². The molecule has 9 heteroatoms. The molecule has 0 aromatic rings. The summed E-state index contributed by atoms with van der Waals surface area (Å²) in [6, 6.07) is 0. The van der Waals surface area contributed by atoms with E-state index in [0.717, 1.165) is 57.8 Å². The number of phosphoric ester groups is 1. The molecule has 0 bridgehead atoms. The van der Waals surface area contributed by atoms with E-state index >= 15 is 0 Å². The number of phosphoric acid groups is 1. The molecule has 60 heavy (non-hydrogen) atoms. The Morgan fingerprint density at radius 1 is 0.517 bits per heavy atom. The number of carbonyl (C=O) groups excluding carboxylic acids is 1. The monoisotopic (exact) mass is 870 g/mol. The van der Waals surface area contributed by atoms with Gasteiger partial charge in [-0.3, -0.25) is 9.36 Å². The molecule has 0 aromatic heterocycles. The highest BCUT2D eigenvalue weighted by Crippen LogP contribution is 2.38. The lowest BCUT2D eigenvalue weighted by Gasteiger charge is -2.28. The number of allylic oxidation sites excluding steroid dienone is 4. The number of likely N-dealkylation sites (N-methyl/N-ethyl adjacent to an activating group) is 1. The quantitative estimate of drug-likeness (QED) is 0.0198. The molecule has 2 atom stereocenters. The van der Waals surface area contributed by atoms with Crippen molar-refractivity contribution in [2.24, 2.45) is 0 Å². The van der Waals surface area contributed by atoms with Gasteiger partial charge < -0.3 is 27.9 Å². The first-order chi connectivity index (χ1) is 29.1. The first-order valence-corrected chi connectivity index (χ1v) is 27.0. The van der Waals surface area contributed by atoms with Gasteiger partial charge in [0.2, 0.25) is 0 Å². The van der Waals surface area contributed by atoms with Gasteiger partial charge in [0, 0.05) is 13.0 Å². The largest absolute Gasteiger partial charge is 0.756 e. The number of hydrogen-bond donors (Lipinski definition) is 0. The van der Waals surface area contributed by atoms with E-state index in [2.05, 4.69) is 38.2 Å². The van der Waals surface area contributed by atoms with Crippen molar-refractivity contribution in [3.05, 3.63) is 24.3 Å². The molecule has 2 unspecified atom stereocenters. The first-order valence-electron chi connectivity index (χ1n) is 25.6. The van der Waals surface area contributed by atoms with Crippen LogP contribution in [-0.4, -0.2) is 70.7 Å². The molecule has 0 rings (SSSR count). The second-order valence-electron chi connectivity index (χ2n) is 18.5. The molecular formula is C51H100NO7P. The highest BCUT2D eigenvalue weighted by Gasteiger charge is 2.20. The summed E-state index contributed by atoms with van der Waals surface area (Å²) in [5.41, 5.74) is 0. The van der Waals surface area contributed by atoms with Gasteiger partial charge in [-0.2, -0.15) is 0 Å². The van der Waals surface area contributed by atoms with Crippen LogP contribution in [0.5, 0.6) is 0 Å². The highest BCUT2D eigenvalue weighted by molar-refractivity contribution is 7.45. The molecule has 356 valence electrons. The van der Waals surface area contributed by atoms with E-state index in [0.29, 0.717) is 24.1 Å². The zero-order valence-corrected chi connectivity index (χ0v) is 41.3. The number of unbranched alkanes of at least 4 members (excludes halogenated alkanes) is 30. The molecular weight excluding hydrogens is 770 g/mol. The maximum atomic E-state index is 12.7. The van der Waals surface area contributed by atoms with Crippen molar-refractivity contribution in [1.82, 2.24) is 0 Å². The molecule has 0 radical (unpaired) electrons. The van der Waals surface area contributed by atoms with Gasteiger partial charge in [0.25, 0.3) is 7.82 Å². The minimum atomic E-state index is -4.53. The molecule has 0 N–H and O–H groups in total. The number of rotatable bonds is 48. The smallest absolute Gasteiger partial charge is 0.306 e. The van der Waals surface area contributed by atoms with E-state index in [1.807, 2.05) is 21.1 Å². The van der Waals surface area contributed by atoms with Gasteiger partial charge in [-0.05, 0) is 38.5 Å². The van der Waals surface area contributed by atoms with E-state index < -0.39 is 13.9 Å². The molecule has 0 saturated heterocycles. The zero-order valence-electron chi connectivity index (χ0n) is 40.4. The lowest BCUT2D eigenvalue weighted by Crippen LogP contribution is -2.37. The predicted octanol–water partition coefficient (Wildman–Crippen LogP) is 14.9. The summed E-state index contributed by atoms with van der Waals surface area (Å²) in [5.74, 6) is -0.344. The second kappa shape index (κ2) is 44.6. The lowest BCUT2D eigenvalue weighted by atomic mass is 10.0. The number of esters is 1. The van der Waals surface area contributed by atoms with Crippen LogP contribution in [0.3, 0.4) is 0 Å². The number of nitrogens with zero attached hydrogens (tertiary/aromatic N) is 1. The number of hydrogen-bond acceptors (Lipinski definition) is 7. The van der Waals surface area contributed by atoms with Crippen LogP contribution >= 0.6 is 7.82 Å². The first kappa shape index (κ1) is 59.0. The average molecular weight is 870 g/mol. The van der Waals surface area contributed by atoms with E-state index in [9.17, 15) is 14.3 Å². The third-order valence-corrected chi connectivity index (χ3v) is 12.2. The van der Waals surface area contributed by atoms with E-state index in [4.69, 9.17) is 18.5 Å². The summed E-state index contributed by atoms with van der Waals surface area (Å²) >= 11 is 0. The van der Waals surface area contributed by atoms with Gasteiger partial charge in [0.1, 0.15) is 19.3 Å². The summed E-state index contributed by atoms with van der Waals surface area (Å²) in [7, 11) is 1.36. The van der Waals surface area contributed by atoms with Crippen LogP contribution in [0, 0.1) is 0 Å². The minimum Gasteiger partial charge on any atom is -0.756 e. The van der Waals surface area contributed by atoms with Crippen LogP contribution in [-0.2, 0) is 27.9 Å². The van der Waals surface area contributed by atoms with Crippen LogP contribution in [0.4, 0.5) is 0 Å². The molecule has 0 aliphatic rings. The van der Waals surface area contributed by atoms with Crippen molar-refractivity contribution in [3.63, 3.8) is 0 Å². The Labute approximate surface area is 373 Å². The van der Waals surface area contributed by atoms with Gasteiger partial charge in [0.15, 0.2) is 0 Å². The fourth-order valence-electron chi connectivity index (χ4n) is 7.27. The predicted molar refractivity (Wildman–Crippen MR) is 254 cm³/mol. The van der Waals surface area contributed by atoms with Crippen molar-refractivity contribution in [1.29, 1.82) is 0 Å². The molecule has 0 aromatic carbocycles. The fourth-order valence-corrected chi connectivity index (χ4v) is 8.00. The maximum Gasteiger partial charge on any atom is 0.306 e. The normalized spacial score (nSPS) is 13.8. The maximum absolute atomic E-state index is 12.7. The molecule has 0 aliphatic carbocycles. The zero-order chi connectivity index (χ0) is 44.1. The topological polar surface area (TPSA) is 94.1 Å². The summed E-state index contributed by atoms with van der Waals surface area (Å²) in [6.07, 6.45) is 52.1. The summed E-state index contributed by atoms with van der Waals surface area (Å²) in [6.45, 7) is 5.40. The number of ether oxygens (including phenoxy) is 2. The van der Waals surface area contributed by atoms with Gasteiger partial charge in [-0.15, -0.1) is 0 Å². The summed E-state index contributed by atoms with van der Waals surface area (Å²) in [4.78, 5) is 25.1. The van der Waals surface area contributed by atoms with Gasteiger partial charge in [-0.25, -0.2) is 0 Å². The molecule has 8 nitrogen and oxygen atoms in total. The fraction of sp³-hybridized carbons (Fsp3) is 0.902. The van der Waals surface area contributed by atoms with Crippen LogP contribution in [0.25, 0.3) is 0 Å². The number of carbonyl (C=O) groups is 1. The summed E-state index contributed by atoms with van der Waals surface area (Å²) < 4.78 is 34.7. The molecule has 0 saturated carbocycles. The average Bonchev–Trinajstić information content (AvgIpc) is 3.20. The van der Waals surface area contributed by atoms with Gasteiger partial charge >= 0.3 is 5.97 Å². The van der Waals surface area contributed by atoms with Crippen LogP contribution in [0.2, 0.25) is 0 Å². The standard InChI is InChI=1S/C51H100NO7P/c1-6-8-10-12-14-16-18-20-22-23-24-25-26-27-28-29-30-31-33-35-37-39-41-43-46-56-48-50(49-58-60(54,55)57-47-45-52(3,4)5)59-51(53)44-42-40-38-36-34-32-21-19-17-15-13-11-9-7-2/h13,15,19,21,50H,6-12,14,16-18,20,22-49H2,1-5H3/b15-13-,21-19-. The van der Waals surface area contributed by atoms with E-state index in [-0.39, 0.29) is 25.8 Å². The van der Waals surface area contributed by atoms with Crippen molar-refractivity contribution >= 4 is 13.8 Å². The Hall–Kier alpha value is -1.02. The Bertz CT molecular complexity index is 1010. The summed E-state index contributed by atoms with van der Waals surface area (Å²) in [5, 5.41) is 0.